The van der Waals surface area contributed by atoms with Crippen LogP contribution in [-0.4, -0.2) is 96.7 Å². The van der Waals surface area contributed by atoms with Gasteiger partial charge in [-0.25, -0.2) is 9.13 Å². The van der Waals surface area contributed by atoms with Crippen LogP contribution in [0.2, 0.25) is 0 Å². The lowest BCUT2D eigenvalue weighted by Gasteiger charge is -2.21. The number of hydrogen-bond donors (Lipinski definition) is 3. The fourth-order valence-electron chi connectivity index (χ4n) is 10.3. The summed E-state index contributed by atoms with van der Waals surface area (Å²) in [5.74, 6) is -2.33. The van der Waals surface area contributed by atoms with Crippen LogP contribution in [0.5, 0.6) is 0 Å². The molecular weight excluding hydrogens is 1350 g/mol. The highest BCUT2D eigenvalue weighted by molar-refractivity contribution is 7.47. The maximum Gasteiger partial charge on any atom is 0.472 e. The van der Waals surface area contributed by atoms with E-state index in [0.717, 1.165) is 135 Å². The number of aliphatic hydroxyl groups is 1. The van der Waals surface area contributed by atoms with Crippen LogP contribution >= 0.6 is 15.6 Å². The normalized spacial score (nSPS) is 14.6. The molecule has 0 aliphatic rings. The van der Waals surface area contributed by atoms with Crippen LogP contribution in [0, 0.1) is 0 Å². The van der Waals surface area contributed by atoms with Crippen molar-refractivity contribution in [2.75, 3.05) is 39.6 Å². The first-order chi connectivity index (χ1) is 50.7. The van der Waals surface area contributed by atoms with Crippen molar-refractivity contribution in [2.45, 2.75) is 341 Å². The summed E-state index contributed by atoms with van der Waals surface area (Å²) in [5.41, 5.74) is 0. The smallest absolute Gasteiger partial charge is 0.462 e. The zero-order chi connectivity index (χ0) is 76.0. The summed E-state index contributed by atoms with van der Waals surface area (Å²) in [6, 6.07) is 0. The van der Waals surface area contributed by atoms with Gasteiger partial charge in [0.25, 0.3) is 0 Å². The predicted octanol–water partition coefficient (Wildman–Crippen LogP) is 23.7. The SMILES string of the molecule is CCCCC/C=C\C/C=C\C/C=C\C/C=C\CCCC(=O)OC[C@H](COP(=O)(O)OC[C@@H](O)COP(=O)(O)OC[C@@H](COC(=O)CCCCCCC/C=C\CCCCCCCC)OC(=O)CCC/C=C\C/C=C\C/C=C\C/C=C\CCCCC)OC(=O)CCCCCCC/C=C\C/C=C\CCCCC. The molecule has 3 N–H and O–H groups in total. The van der Waals surface area contributed by atoms with E-state index in [1.807, 2.05) is 24.3 Å². The van der Waals surface area contributed by atoms with Crippen LogP contribution in [0.1, 0.15) is 323 Å². The Labute approximate surface area is 631 Å². The van der Waals surface area contributed by atoms with Crippen molar-refractivity contribution < 1.29 is 80.2 Å². The fourth-order valence-corrected chi connectivity index (χ4v) is 11.9. The van der Waals surface area contributed by atoms with Gasteiger partial charge in [-0.15, -0.1) is 0 Å². The third-order valence-corrected chi connectivity index (χ3v) is 18.5. The van der Waals surface area contributed by atoms with Crippen molar-refractivity contribution >= 4 is 39.5 Å². The summed E-state index contributed by atoms with van der Waals surface area (Å²) in [7, 11) is -10.0. The van der Waals surface area contributed by atoms with Gasteiger partial charge in [0, 0.05) is 25.7 Å². The van der Waals surface area contributed by atoms with Crippen molar-refractivity contribution in [3.05, 3.63) is 134 Å². The maximum atomic E-state index is 13.1. The first-order valence-electron chi connectivity index (χ1n) is 40.4. The number of unbranched alkanes of at least 4 members (excludes halogenated alkanes) is 27. The van der Waals surface area contributed by atoms with Crippen LogP contribution in [0.25, 0.3) is 0 Å². The zero-order valence-corrected chi connectivity index (χ0v) is 66.9. The molecule has 17 nitrogen and oxygen atoms in total. The van der Waals surface area contributed by atoms with Gasteiger partial charge in [-0.1, -0.05) is 271 Å². The molecular formula is C85H144O17P2. The number of phosphoric acid groups is 2. The van der Waals surface area contributed by atoms with Crippen molar-refractivity contribution in [1.82, 2.24) is 0 Å². The fraction of sp³-hybridized carbons (Fsp3) is 0.694. The maximum absolute atomic E-state index is 13.1. The molecule has 0 heterocycles. The lowest BCUT2D eigenvalue weighted by molar-refractivity contribution is -0.161. The molecule has 0 amide bonds. The molecule has 0 aromatic heterocycles. The van der Waals surface area contributed by atoms with E-state index in [-0.39, 0.29) is 25.7 Å². The van der Waals surface area contributed by atoms with E-state index in [1.165, 1.54) is 96.3 Å². The highest BCUT2D eigenvalue weighted by Crippen LogP contribution is 2.45. The molecule has 0 aliphatic heterocycles. The number of phosphoric ester groups is 2. The number of esters is 4. The number of hydrogen-bond acceptors (Lipinski definition) is 15. The summed E-state index contributed by atoms with van der Waals surface area (Å²) < 4.78 is 68.5. The zero-order valence-electron chi connectivity index (χ0n) is 65.2. The second-order valence-corrected chi connectivity index (χ2v) is 29.5. The van der Waals surface area contributed by atoms with Crippen LogP contribution < -0.4 is 0 Å². The standard InChI is InChI=1S/C85H144O17P2/c1-5-9-13-17-21-25-29-33-37-39-43-46-50-54-58-62-66-70-83(88)96-76-80(101-84(89)71-67-63-59-55-51-47-42-36-32-28-24-20-16-12-8-4)77-99-103(91,92)97-73-79(86)74-98-104(93,94)100-78-81(75-95-82(87)69-65-61-57-53-49-45-41-35-31-27-23-19-15-11-7-3)102-85(90)72-68-64-60-56-52-48-44-40-38-34-30-26-22-18-14-10-6-2/h21-22,24-26,28,33-38,41-44,46,48,54,56,58,60,79-81,86H,5-20,23,27,29-32,39-40,45,47,49-53,55,57,59,61-78H2,1-4H3,(H,91,92)(H,93,94)/b25-21-,26-22-,28-24-,37-33-,38-34-,41-35-,42-36-,46-43-,48-44-,58-54-,60-56-/t79-,80-,81-/m1/s1. The van der Waals surface area contributed by atoms with Crippen LogP contribution in [0.3, 0.4) is 0 Å². The number of rotatable bonds is 75. The molecule has 19 heteroatoms. The van der Waals surface area contributed by atoms with E-state index in [0.29, 0.717) is 38.5 Å². The molecule has 0 rings (SSSR count). The minimum absolute atomic E-state index is 0.0137. The summed E-state index contributed by atoms with van der Waals surface area (Å²) in [4.78, 5) is 73.0. The molecule has 0 bridgehead atoms. The predicted molar refractivity (Wildman–Crippen MR) is 427 cm³/mol. The Morgan fingerprint density at radius 3 is 0.798 bits per heavy atom. The van der Waals surface area contributed by atoms with Gasteiger partial charge >= 0.3 is 39.5 Å². The topological polar surface area (TPSA) is 237 Å². The Morgan fingerprint density at radius 1 is 0.269 bits per heavy atom. The third kappa shape index (κ3) is 75.4. The molecule has 0 radical (unpaired) electrons. The van der Waals surface area contributed by atoms with Gasteiger partial charge < -0.3 is 33.8 Å². The first-order valence-corrected chi connectivity index (χ1v) is 43.4. The van der Waals surface area contributed by atoms with Crippen molar-refractivity contribution in [3.63, 3.8) is 0 Å². The Hall–Kier alpha value is -4.80. The van der Waals surface area contributed by atoms with Crippen molar-refractivity contribution in [3.8, 4) is 0 Å². The minimum Gasteiger partial charge on any atom is -0.462 e. The number of ether oxygens (including phenoxy) is 4. The van der Waals surface area contributed by atoms with Gasteiger partial charge in [0.2, 0.25) is 0 Å². The third-order valence-electron chi connectivity index (χ3n) is 16.6. The Kier molecular flexibility index (Phi) is 72.9. The van der Waals surface area contributed by atoms with Crippen LogP contribution in [-0.2, 0) is 65.4 Å². The Balaban J connectivity index is 5.48. The van der Waals surface area contributed by atoms with Gasteiger partial charge in [0.15, 0.2) is 12.2 Å². The van der Waals surface area contributed by atoms with Gasteiger partial charge in [-0.3, -0.25) is 37.3 Å². The molecule has 0 saturated heterocycles. The van der Waals surface area contributed by atoms with Gasteiger partial charge in [-0.2, -0.15) is 0 Å². The van der Waals surface area contributed by atoms with E-state index in [4.69, 9.17) is 37.0 Å². The average molecular weight is 1500 g/mol. The molecule has 0 aromatic rings. The summed E-state index contributed by atoms with van der Waals surface area (Å²) in [6.07, 6.45) is 85.8. The van der Waals surface area contributed by atoms with E-state index < -0.39 is 97.5 Å². The minimum atomic E-state index is -5.00. The lowest BCUT2D eigenvalue weighted by Crippen LogP contribution is -2.30. The van der Waals surface area contributed by atoms with E-state index in [9.17, 15) is 43.2 Å². The second kappa shape index (κ2) is 76.4. The number of aliphatic hydroxyl groups excluding tert-OH is 1. The second-order valence-electron chi connectivity index (χ2n) is 26.6. The summed E-state index contributed by atoms with van der Waals surface area (Å²) in [5, 5.41) is 10.6. The Bertz CT molecular complexity index is 2490. The molecule has 104 heavy (non-hydrogen) atoms. The lowest BCUT2D eigenvalue weighted by atomic mass is 10.1. The molecule has 0 aliphatic carbocycles. The average Bonchev–Trinajstić information content (AvgIpc) is 0.909. The Morgan fingerprint density at radius 2 is 0.481 bits per heavy atom. The number of carbonyl (C=O) groups is 4. The first kappa shape index (κ1) is 99.2. The summed E-state index contributed by atoms with van der Waals surface area (Å²) in [6.45, 7) is 4.65. The molecule has 0 fully saturated rings. The highest BCUT2D eigenvalue weighted by atomic mass is 31.2. The summed E-state index contributed by atoms with van der Waals surface area (Å²) >= 11 is 0. The monoisotopic (exact) mass is 1500 g/mol. The quantitative estimate of drug-likeness (QED) is 0.0169. The molecule has 0 spiro atoms. The number of carbonyl (C=O) groups excluding carboxylic acids is 4. The molecule has 596 valence electrons. The molecule has 0 saturated carbocycles. The highest BCUT2D eigenvalue weighted by Gasteiger charge is 2.30. The van der Waals surface area contributed by atoms with Crippen molar-refractivity contribution in [1.29, 1.82) is 0 Å². The number of allylic oxidation sites excluding steroid dienone is 22. The van der Waals surface area contributed by atoms with Crippen LogP contribution in [0.15, 0.2) is 134 Å². The van der Waals surface area contributed by atoms with E-state index in [1.54, 1.807) is 0 Å². The van der Waals surface area contributed by atoms with Gasteiger partial charge in [-0.05, 0) is 161 Å². The van der Waals surface area contributed by atoms with Gasteiger partial charge in [0.1, 0.15) is 19.3 Å². The molecule has 0 aromatic carbocycles. The van der Waals surface area contributed by atoms with Crippen molar-refractivity contribution in [2.24, 2.45) is 0 Å². The van der Waals surface area contributed by atoms with E-state index >= 15 is 0 Å². The van der Waals surface area contributed by atoms with Crippen LogP contribution in [0.4, 0.5) is 0 Å². The molecule has 5 atom stereocenters. The van der Waals surface area contributed by atoms with E-state index in [2.05, 4.69) is 137 Å². The largest absolute Gasteiger partial charge is 0.472 e. The van der Waals surface area contributed by atoms with Gasteiger partial charge in [0.05, 0.1) is 26.4 Å². The molecule has 2 unspecified atom stereocenters.